The van der Waals surface area contributed by atoms with Crippen LogP contribution in [0.4, 0.5) is 0 Å². The Morgan fingerprint density at radius 3 is 2.35 bits per heavy atom. The molecular formula is C20H37N3O2S. The van der Waals surface area contributed by atoms with Gasteiger partial charge in [0.2, 0.25) is 0 Å². The molecule has 0 aromatic heterocycles. The van der Waals surface area contributed by atoms with Gasteiger partial charge in [0, 0.05) is 19.1 Å². The minimum Gasteiger partial charge on any atom is -0.356 e. The highest BCUT2D eigenvalue weighted by atomic mass is 32.2. The van der Waals surface area contributed by atoms with Crippen molar-refractivity contribution < 1.29 is 8.42 Å². The van der Waals surface area contributed by atoms with Crippen molar-refractivity contribution in [1.29, 1.82) is 0 Å². The molecule has 1 atom stereocenters. The van der Waals surface area contributed by atoms with Gasteiger partial charge in [0.05, 0.1) is 11.5 Å². The number of nitrogens with zero attached hydrogens (tertiary/aromatic N) is 1. The Morgan fingerprint density at radius 1 is 1.04 bits per heavy atom. The normalized spacial score (nSPS) is 29.4. The molecule has 1 heterocycles. The molecule has 5 nitrogen and oxygen atoms in total. The molecule has 150 valence electrons. The van der Waals surface area contributed by atoms with E-state index in [1.54, 1.807) is 0 Å². The van der Waals surface area contributed by atoms with Gasteiger partial charge in [-0.2, -0.15) is 0 Å². The molecule has 2 aliphatic carbocycles. The van der Waals surface area contributed by atoms with E-state index in [2.05, 4.69) is 17.6 Å². The SMILES string of the molecule is CC1(CN=C(NCC2CCS(=O)(=O)C2)NC2CCCC2)CCCCCC1. The molecule has 3 fully saturated rings. The fourth-order valence-corrected chi connectivity index (χ4v) is 6.56. The van der Waals surface area contributed by atoms with Crippen LogP contribution in [0.2, 0.25) is 0 Å². The molecule has 3 aliphatic rings. The Kier molecular flexibility index (Phi) is 6.87. The number of rotatable bonds is 5. The number of hydrogen-bond donors (Lipinski definition) is 2. The average Bonchev–Trinajstić information content (AvgIpc) is 3.16. The van der Waals surface area contributed by atoms with Crippen LogP contribution in [0.3, 0.4) is 0 Å². The third-order valence-electron chi connectivity index (χ3n) is 6.51. The quantitative estimate of drug-likeness (QED) is 0.434. The summed E-state index contributed by atoms with van der Waals surface area (Å²) in [5.74, 6) is 1.81. The van der Waals surface area contributed by atoms with Crippen molar-refractivity contribution in [3.8, 4) is 0 Å². The highest BCUT2D eigenvalue weighted by Crippen LogP contribution is 2.34. The van der Waals surface area contributed by atoms with E-state index >= 15 is 0 Å². The lowest BCUT2D eigenvalue weighted by molar-refractivity contribution is 0.289. The Morgan fingerprint density at radius 2 is 1.73 bits per heavy atom. The minimum absolute atomic E-state index is 0.226. The smallest absolute Gasteiger partial charge is 0.191 e. The second-order valence-corrected chi connectivity index (χ2v) is 11.4. The molecule has 3 rings (SSSR count). The Hall–Kier alpha value is -0.780. The van der Waals surface area contributed by atoms with E-state index in [0.29, 0.717) is 29.5 Å². The van der Waals surface area contributed by atoms with Crippen molar-refractivity contribution in [2.75, 3.05) is 24.6 Å². The van der Waals surface area contributed by atoms with Gasteiger partial charge in [-0.1, -0.05) is 45.4 Å². The maximum absolute atomic E-state index is 11.7. The highest BCUT2D eigenvalue weighted by molar-refractivity contribution is 7.91. The molecule has 6 heteroatoms. The van der Waals surface area contributed by atoms with Gasteiger partial charge in [0.25, 0.3) is 0 Å². The average molecular weight is 384 g/mol. The molecule has 26 heavy (non-hydrogen) atoms. The van der Waals surface area contributed by atoms with Gasteiger partial charge >= 0.3 is 0 Å². The molecule has 2 saturated carbocycles. The predicted octanol–water partition coefficient (Wildman–Crippen LogP) is 3.26. The van der Waals surface area contributed by atoms with Crippen LogP contribution in [-0.2, 0) is 9.84 Å². The topological polar surface area (TPSA) is 70.6 Å². The van der Waals surface area contributed by atoms with Crippen LogP contribution < -0.4 is 10.6 Å². The number of sulfone groups is 1. The summed E-state index contributed by atoms with van der Waals surface area (Å²) in [7, 11) is -2.81. The summed E-state index contributed by atoms with van der Waals surface area (Å²) >= 11 is 0. The van der Waals surface area contributed by atoms with Gasteiger partial charge in [-0.15, -0.1) is 0 Å². The van der Waals surface area contributed by atoms with Crippen molar-refractivity contribution in [2.45, 2.75) is 83.6 Å². The monoisotopic (exact) mass is 383 g/mol. The number of guanidine groups is 1. The Bertz CT molecular complexity index is 574. The van der Waals surface area contributed by atoms with Gasteiger partial charge in [0.15, 0.2) is 15.8 Å². The first-order valence-electron chi connectivity index (χ1n) is 10.7. The first-order valence-corrected chi connectivity index (χ1v) is 12.5. The van der Waals surface area contributed by atoms with Gasteiger partial charge in [-0.05, 0) is 43.4 Å². The zero-order valence-electron chi connectivity index (χ0n) is 16.4. The van der Waals surface area contributed by atoms with Gasteiger partial charge in [-0.3, -0.25) is 4.99 Å². The fraction of sp³-hybridized carbons (Fsp3) is 0.950. The summed E-state index contributed by atoms with van der Waals surface area (Å²) in [6.45, 7) is 3.98. The third-order valence-corrected chi connectivity index (χ3v) is 8.35. The van der Waals surface area contributed by atoms with E-state index in [-0.39, 0.29) is 5.92 Å². The molecule has 0 bridgehead atoms. The summed E-state index contributed by atoms with van der Waals surface area (Å²) in [6.07, 6.45) is 13.7. The van der Waals surface area contributed by atoms with Gasteiger partial charge in [0.1, 0.15) is 0 Å². The molecule has 0 spiro atoms. The fourth-order valence-electron chi connectivity index (χ4n) is 4.70. The van der Waals surface area contributed by atoms with Crippen molar-refractivity contribution in [3.63, 3.8) is 0 Å². The maximum Gasteiger partial charge on any atom is 0.191 e. The molecule has 2 N–H and O–H groups in total. The van der Waals surface area contributed by atoms with Crippen LogP contribution >= 0.6 is 0 Å². The highest BCUT2D eigenvalue weighted by Gasteiger charge is 2.29. The van der Waals surface area contributed by atoms with E-state index in [1.807, 2.05) is 0 Å². The summed E-state index contributed by atoms with van der Waals surface area (Å²) in [5.41, 5.74) is 0.317. The third kappa shape index (κ3) is 6.14. The van der Waals surface area contributed by atoms with E-state index in [4.69, 9.17) is 4.99 Å². The van der Waals surface area contributed by atoms with Crippen LogP contribution in [0.25, 0.3) is 0 Å². The number of nitrogens with one attached hydrogen (secondary N) is 2. The Labute approximate surface area is 159 Å². The van der Waals surface area contributed by atoms with Crippen LogP contribution in [0.15, 0.2) is 4.99 Å². The van der Waals surface area contributed by atoms with Crippen molar-refractivity contribution in [3.05, 3.63) is 0 Å². The number of hydrogen-bond acceptors (Lipinski definition) is 3. The zero-order valence-corrected chi connectivity index (χ0v) is 17.2. The lowest BCUT2D eigenvalue weighted by atomic mass is 9.83. The first kappa shape index (κ1) is 20.0. The second-order valence-electron chi connectivity index (χ2n) is 9.17. The van der Waals surface area contributed by atoms with Gasteiger partial charge in [-0.25, -0.2) is 8.42 Å². The van der Waals surface area contributed by atoms with Crippen molar-refractivity contribution >= 4 is 15.8 Å². The number of aliphatic imine (C=N–C) groups is 1. The molecule has 1 aliphatic heterocycles. The lowest BCUT2D eigenvalue weighted by Gasteiger charge is -2.27. The molecule has 0 aromatic carbocycles. The summed E-state index contributed by atoms with van der Waals surface area (Å²) < 4.78 is 23.4. The largest absolute Gasteiger partial charge is 0.356 e. The molecule has 1 saturated heterocycles. The standard InChI is InChI=1S/C20H37N3O2S/c1-20(11-6-2-3-7-12-20)16-22-19(23-18-8-4-5-9-18)21-14-17-10-13-26(24,25)15-17/h17-18H,2-16H2,1H3,(H2,21,22,23). The molecule has 0 radical (unpaired) electrons. The first-order chi connectivity index (χ1) is 12.4. The van der Waals surface area contributed by atoms with Crippen molar-refractivity contribution in [2.24, 2.45) is 16.3 Å². The van der Waals surface area contributed by atoms with Crippen LogP contribution in [0.1, 0.15) is 77.6 Å². The van der Waals surface area contributed by atoms with E-state index in [1.165, 1.54) is 64.2 Å². The van der Waals surface area contributed by atoms with Gasteiger partial charge < -0.3 is 10.6 Å². The van der Waals surface area contributed by atoms with E-state index in [9.17, 15) is 8.42 Å². The maximum atomic E-state index is 11.7. The molecule has 1 unspecified atom stereocenters. The molecule has 0 aromatic rings. The van der Waals surface area contributed by atoms with E-state index in [0.717, 1.165) is 18.9 Å². The second kappa shape index (κ2) is 8.94. The van der Waals surface area contributed by atoms with Crippen molar-refractivity contribution in [1.82, 2.24) is 10.6 Å². The Balaban J connectivity index is 1.58. The molecule has 0 amide bonds. The molecular weight excluding hydrogens is 346 g/mol. The summed E-state index contributed by atoms with van der Waals surface area (Å²) in [4.78, 5) is 4.97. The predicted molar refractivity (Wildman–Crippen MR) is 108 cm³/mol. The van der Waals surface area contributed by atoms with E-state index < -0.39 is 9.84 Å². The lowest BCUT2D eigenvalue weighted by Crippen LogP contribution is -2.44. The summed E-state index contributed by atoms with van der Waals surface area (Å²) in [5, 5.41) is 7.10. The van der Waals surface area contributed by atoms with Crippen LogP contribution in [0, 0.1) is 11.3 Å². The zero-order chi connectivity index (χ0) is 18.5. The van der Waals surface area contributed by atoms with Crippen LogP contribution in [0.5, 0.6) is 0 Å². The summed E-state index contributed by atoms with van der Waals surface area (Å²) in [6, 6.07) is 0.524. The minimum atomic E-state index is -2.81. The van der Waals surface area contributed by atoms with Crippen LogP contribution in [-0.4, -0.2) is 45.0 Å².